The first kappa shape index (κ1) is 17.0. The lowest BCUT2D eigenvalue weighted by atomic mass is 9.94. The monoisotopic (exact) mass is 394 g/mol. The largest absolute Gasteiger partial charge is 0.480 e. The molecule has 1 saturated heterocycles. The van der Waals surface area contributed by atoms with E-state index in [4.69, 9.17) is 4.74 Å². The van der Waals surface area contributed by atoms with Crippen molar-refractivity contribution in [1.29, 1.82) is 0 Å². The number of halogens is 1. The van der Waals surface area contributed by atoms with Crippen LogP contribution in [0.3, 0.4) is 0 Å². The summed E-state index contributed by atoms with van der Waals surface area (Å²) < 4.78 is 5.73. The molecule has 24 heavy (non-hydrogen) atoms. The first-order valence-corrected chi connectivity index (χ1v) is 8.61. The molecule has 128 valence electrons. The number of carboxylic acid groups (broad SMARTS) is 1. The Bertz CT molecular complexity index is 765. The van der Waals surface area contributed by atoms with E-state index in [0.717, 1.165) is 20.9 Å². The van der Waals surface area contributed by atoms with Crippen LogP contribution in [0.25, 0.3) is 10.9 Å². The molecule has 1 aromatic heterocycles. The molecular formula is C17H19BrN2O4. The van der Waals surface area contributed by atoms with Gasteiger partial charge < -0.3 is 14.8 Å². The number of piperidine rings is 1. The lowest BCUT2D eigenvalue weighted by Gasteiger charge is -2.34. The highest BCUT2D eigenvalue weighted by molar-refractivity contribution is 9.10. The molecule has 7 heteroatoms. The van der Waals surface area contributed by atoms with Crippen LogP contribution in [0.4, 0.5) is 0 Å². The van der Waals surface area contributed by atoms with Crippen LogP contribution in [0.5, 0.6) is 0 Å². The smallest absolute Gasteiger partial charge is 0.325 e. The number of rotatable bonds is 4. The molecule has 1 aliphatic heterocycles. The highest BCUT2D eigenvalue weighted by Gasteiger charge is 2.34. The van der Waals surface area contributed by atoms with Gasteiger partial charge in [0.15, 0.2) is 0 Å². The summed E-state index contributed by atoms with van der Waals surface area (Å²) in [6, 6.07) is 5.03. The number of aromatic nitrogens is 1. The minimum Gasteiger partial charge on any atom is -0.480 e. The van der Waals surface area contributed by atoms with Gasteiger partial charge in [0, 0.05) is 40.2 Å². The molecule has 1 aliphatic rings. The maximum Gasteiger partial charge on any atom is 0.325 e. The molecule has 1 unspecified atom stereocenters. The Balaban J connectivity index is 1.85. The molecule has 2 heterocycles. The number of nitrogens with one attached hydrogen (secondary N) is 1. The Labute approximate surface area is 147 Å². The van der Waals surface area contributed by atoms with Crippen LogP contribution in [0.2, 0.25) is 0 Å². The number of nitrogens with zero attached hydrogens (tertiary/aromatic N) is 1. The van der Waals surface area contributed by atoms with E-state index in [0.29, 0.717) is 25.9 Å². The van der Waals surface area contributed by atoms with Gasteiger partial charge in [0.1, 0.15) is 6.04 Å². The van der Waals surface area contributed by atoms with Crippen LogP contribution >= 0.6 is 15.9 Å². The van der Waals surface area contributed by atoms with Crippen LogP contribution in [0.1, 0.15) is 24.4 Å². The number of esters is 1. The average molecular weight is 395 g/mol. The van der Waals surface area contributed by atoms with E-state index in [9.17, 15) is 14.7 Å². The third kappa shape index (κ3) is 3.18. The van der Waals surface area contributed by atoms with Gasteiger partial charge in [0.25, 0.3) is 0 Å². The number of aromatic amines is 1. The van der Waals surface area contributed by atoms with E-state index in [1.54, 1.807) is 6.20 Å². The quantitative estimate of drug-likeness (QED) is 0.778. The molecule has 3 rings (SSSR count). The summed E-state index contributed by atoms with van der Waals surface area (Å²) in [5.41, 5.74) is 1.65. The highest BCUT2D eigenvalue weighted by Crippen LogP contribution is 2.33. The van der Waals surface area contributed by atoms with E-state index >= 15 is 0 Å². The fourth-order valence-corrected chi connectivity index (χ4v) is 3.75. The van der Waals surface area contributed by atoms with E-state index < -0.39 is 12.0 Å². The van der Waals surface area contributed by atoms with Gasteiger partial charge in [-0.1, -0.05) is 22.0 Å². The second-order valence-electron chi connectivity index (χ2n) is 6.01. The summed E-state index contributed by atoms with van der Waals surface area (Å²) >= 11 is 3.42. The highest BCUT2D eigenvalue weighted by atomic mass is 79.9. The number of hydrogen-bond acceptors (Lipinski definition) is 4. The molecule has 1 fully saturated rings. The van der Waals surface area contributed by atoms with Crippen molar-refractivity contribution in [2.75, 3.05) is 20.2 Å². The Hall–Kier alpha value is -1.86. The predicted molar refractivity (Wildman–Crippen MR) is 92.7 cm³/mol. The number of ether oxygens (including phenoxy) is 1. The zero-order valence-electron chi connectivity index (χ0n) is 13.3. The zero-order valence-corrected chi connectivity index (χ0v) is 14.9. The number of aliphatic carboxylic acids is 1. The van der Waals surface area contributed by atoms with Gasteiger partial charge >= 0.3 is 11.9 Å². The van der Waals surface area contributed by atoms with Gasteiger partial charge in [-0.15, -0.1) is 0 Å². The summed E-state index contributed by atoms with van der Waals surface area (Å²) in [6.45, 7) is 1.11. The standard InChI is InChI=1S/C17H19BrN2O4/c1-24-17(23)10-4-6-20(7-5-10)15(16(21)22)13-9-19-14-8-11(18)2-3-12(13)14/h2-3,8-10,15,19H,4-7H2,1H3,(H,21,22). The van der Waals surface area contributed by atoms with Crippen molar-refractivity contribution in [1.82, 2.24) is 9.88 Å². The lowest BCUT2D eigenvalue weighted by Crippen LogP contribution is -2.41. The fourth-order valence-electron chi connectivity index (χ4n) is 3.39. The van der Waals surface area contributed by atoms with Crippen molar-refractivity contribution in [2.45, 2.75) is 18.9 Å². The fraction of sp³-hybridized carbons (Fsp3) is 0.412. The van der Waals surface area contributed by atoms with E-state index in [1.165, 1.54) is 7.11 Å². The predicted octanol–water partition coefficient (Wildman–Crippen LogP) is 2.94. The number of methoxy groups -OCH3 is 1. The molecule has 1 atom stereocenters. The molecule has 0 spiro atoms. The second kappa shape index (κ2) is 6.94. The van der Waals surface area contributed by atoms with Gasteiger partial charge in [-0.25, -0.2) is 0 Å². The molecule has 0 bridgehead atoms. The summed E-state index contributed by atoms with van der Waals surface area (Å²) in [5, 5.41) is 10.7. The van der Waals surface area contributed by atoms with E-state index in [2.05, 4.69) is 20.9 Å². The Morgan fingerprint density at radius 2 is 2.08 bits per heavy atom. The van der Waals surface area contributed by atoms with Crippen molar-refractivity contribution in [3.8, 4) is 0 Å². The molecule has 2 N–H and O–H groups in total. The Morgan fingerprint density at radius 3 is 2.71 bits per heavy atom. The summed E-state index contributed by atoms with van der Waals surface area (Å²) in [5.74, 6) is -1.23. The number of likely N-dealkylation sites (tertiary alicyclic amines) is 1. The first-order chi connectivity index (χ1) is 11.5. The number of H-pyrrole nitrogens is 1. The SMILES string of the molecule is COC(=O)C1CCN(C(C(=O)O)c2c[nH]c3cc(Br)ccc23)CC1. The topological polar surface area (TPSA) is 82.6 Å². The number of benzene rings is 1. The summed E-state index contributed by atoms with van der Waals surface area (Å²) in [6.07, 6.45) is 3.00. The molecular weight excluding hydrogens is 376 g/mol. The molecule has 0 aliphatic carbocycles. The number of fused-ring (bicyclic) bond motifs is 1. The van der Waals surface area contributed by atoms with Crippen LogP contribution in [0, 0.1) is 5.92 Å². The minimum atomic E-state index is -0.879. The summed E-state index contributed by atoms with van der Waals surface area (Å²) in [4.78, 5) is 28.6. The van der Waals surface area contributed by atoms with Crippen LogP contribution in [-0.4, -0.2) is 47.1 Å². The maximum atomic E-state index is 11.9. The molecule has 6 nitrogen and oxygen atoms in total. The van der Waals surface area contributed by atoms with Crippen molar-refractivity contribution in [2.24, 2.45) is 5.92 Å². The van der Waals surface area contributed by atoms with Crippen LogP contribution in [-0.2, 0) is 14.3 Å². The molecule has 1 aromatic carbocycles. The average Bonchev–Trinajstić information content (AvgIpc) is 2.97. The molecule has 0 radical (unpaired) electrons. The van der Waals surface area contributed by atoms with Crippen LogP contribution < -0.4 is 0 Å². The van der Waals surface area contributed by atoms with Crippen molar-refractivity contribution in [3.63, 3.8) is 0 Å². The number of carboxylic acids is 1. The molecule has 0 amide bonds. The third-order valence-corrected chi connectivity index (χ3v) is 5.13. The normalized spacial score (nSPS) is 17.8. The number of hydrogen-bond donors (Lipinski definition) is 2. The summed E-state index contributed by atoms with van der Waals surface area (Å²) in [7, 11) is 1.39. The van der Waals surface area contributed by atoms with Gasteiger partial charge in [-0.2, -0.15) is 0 Å². The number of carbonyl (C=O) groups is 2. The van der Waals surface area contributed by atoms with Gasteiger partial charge in [0.05, 0.1) is 13.0 Å². The van der Waals surface area contributed by atoms with E-state index in [-0.39, 0.29) is 11.9 Å². The van der Waals surface area contributed by atoms with Gasteiger partial charge in [-0.3, -0.25) is 14.5 Å². The Kier molecular flexibility index (Phi) is 4.91. The van der Waals surface area contributed by atoms with Crippen molar-refractivity contribution >= 4 is 38.8 Å². The molecule has 0 saturated carbocycles. The van der Waals surface area contributed by atoms with Gasteiger partial charge in [0.2, 0.25) is 0 Å². The van der Waals surface area contributed by atoms with Crippen molar-refractivity contribution in [3.05, 3.63) is 34.4 Å². The minimum absolute atomic E-state index is 0.139. The lowest BCUT2D eigenvalue weighted by molar-refractivity contribution is -0.148. The zero-order chi connectivity index (χ0) is 17.3. The second-order valence-corrected chi connectivity index (χ2v) is 6.92. The van der Waals surface area contributed by atoms with Crippen molar-refractivity contribution < 1.29 is 19.4 Å². The van der Waals surface area contributed by atoms with Gasteiger partial charge in [-0.05, 0) is 25.0 Å². The maximum absolute atomic E-state index is 11.9. The number of carbonyl (C=O) groups excluding carboxylic acids is 1. The Morgan fingerprint density at radius 1 is 1.38 bits per heavy atom. The van der Waals surface area contributed by atoms with Crippen LogP contribution in [0.15, 0.2) is 28.9 Å². The molecule has 2 aromatic rings. The first-order valence-electron chi connectivity index (χ1n) is 7.82. The van der Waals surface area contributed by atoms with E-state index in [1.807, 2.05) is 23.1 Å². The third-order valence-electron chi connectivity index (χ3n) is 4.63.